The molecule has 12 heavy (non-hydrogen) atoms. The number of ether oxygens (including phenoxy) is 1. The molecule has 2 fully saturated rings. The third-order valence-corrected chi connectivity index (χ3v) is 3.82. The first-order chi connectivity index (χ1) is 5.76. The highest BCUT2D eigenvalue weighted by Gasteiger charge is 2.41. The van der Waals surface area contributed by atoms with Gasteiger partial charge in [-0.3, -0.25) is 4.90 Å². The molecule has 2 heterocycles. The van der Waals surface area contributed by atoms with Gasteiger partial charge in [0.25, 0.3) is 0 Å². The van der Waals surface area contributed by atoms with Crippen molar-refractivity contribution in [3.63, 3.8) is 0 Å². The molecule has 0 N–H and O–H groups in total. The molecule has 3 heteroatoms. The minimum absolute atomic E-state index is 0.197. The first-order valence-electron chi connectivity index (χ1n) is 4.72. The number of rotatable bonds is 1. The van der Waals surface area contributed by atoms with Crippen molar-refractivity contribution in [3.8, 4) is 0 Å². The van der Waals surface area contributed by atoms with Gasteiger partial charge in [0, 0.05) is 11.8 Å². The van der Waals surface area contributed by atoms with Crippen LogP contribution in [0.2, 0.25) is 0 Å². The smallest absolute Gasteiger partial charge is 0.0656 e. The van der Waals surface area contributed by atoms with Crippen molar-refractivity contribution in [2.75, 3.05) is 25.5 Å². The van der Waals surface area contributed by atoms with Crippen LogP contribution in [-0.4, -0.2) is 42.0 Å². The Balaban J connectivity index is 2.13. The van der Waals surface area contributed by atoms with E-state index in [-0.39, 0.29) is 5.54 Å². The summed E-state index contributed by atoms with van der Waals surface area (Å²) in [6.07, 6.45) is 2.64. The average molecular weight is 187 g/mol. The third-order valence-electron chi connectivity index (χ3n) is 3.13. The number of nitrogens with zero attached hydrogens (tertiary/aromatic N) is 1. The monoisotopic (exact) mass is 187 g/mol. The molecule has 0 aromatic carbocycles. The van der Waals surface area contributed by atoms with E-state index in [1.54, 1.807) is 0 Å². The standard InChI is InChI=1S/C9H17NOS/c1-9(7-12)6-11-5-8-3-2-4-10(8)9/h8,12H,2-7H2,1H3/t8-,9-/m1/s1. The van der Waals surface area contributed by atoms with E-state index in [4.69, 9.17) is 4.74 Å². The molecule has 2 aliphatic heterocycles. The molecule has 0 spiro atoms. The molecule has 0 aromatic rings. The van der Waals surface area contributed by atoms with Gasteiger partial charge in [-0.15, -0.1) is 0 Å². The van der Waals surface area contributed by atoms with Gasteiger partial charge in [-0.05, 0) is 26.3 Å². The topological polar surface area (TPSA) is 12.5 Å². The van der Waals surface area contributed by atoms with Gasteiger partial charge >= 0.3 is 0 Å². The van der Waals surface area contributed by atoms with Gasteiger partial charge in [-0.1, -0.05) is 0 Å². The van der Waals surface area contributed by atoms with Gasteiger partial charge in [0.2, 0.25) is 0 Å². The minimum atomic E-state index is 0.197. The lowest BCUT2D eigenvalue weighted by atomic mass is 10.0. The van der Waals surface area contributed by atoms with E-state index in [0.29, 0.717) is 6.04 Å². The lowest BCUT2D eigenvalue weighted by molar-refractivity contribution is -0.0683. The van der Waals surface area contributed by atoms with Crippen LogP contribution in [0.1, 0.15) is 19.8 Å². The Morgan fingerprint density at radius 1 is 1.67 bits per heavy atom. The molecule has 0 amide bonds. The normalized spacial score (nSPS) is 43.0. The van der Waals surface area contributed by atoms with Crippen LogP contribution in [0.25, 0.3) is 0 Å². The summed E-state index contributed by atoms with van der Waals surface area (Å²) < 4.78 is 5.60. The van der Waals surface area contributed by atoms with Crippen LogP contribution in [0.15, 0.2) is 0 Å². The number of hydrogen-bond acceptors (Lipinski definition) is 3. The molecule has 2 nitrogen and oxygen atoms in total. The maximum absolute atomic E-state index is 5.60. The molecule has 0 radical (unpaired) electrons. The average Bonchev–Trinajstić information content (AvgIpc) is 2.54. The van der Waals surface area contributed by atoms with Crippen molar-refractivity contribution in [2.45, 2.75) is 31.3 Å². The van der Waals surface area contributed by atoms with Crippen molar-refractivity contribution < 1.29 is 4.74 Å². The van der Waals surface area contributed by atoms with Gasteiger partial charge in [0.15, 0.2) is 0 Å². The Bertz CT molecular complexity index is 176. The van der Waals surface area contributed by atoms with Crippen molar-refractivity contribution in [2.24, 2.45) is 0 Å². The van der Waals surface area contributed by atoms with Crippen molar-refractivity contribution in [1.29, 1.82) is 0 Å². The lowest BCUT2D eigenvalue weighted by Gasteiger charge is -2.45. The molecular formula is C9H17NOS. The number of hydrogen-bond donors (Lipinski definition) is 1. The van der Waals surface area contributed by atoms with Gasteiger partial charge in [-0.2, -0.15) is 12.6 Å². The fourth-order valence-electron chi connectivity index (χ4n) is 2.35. The van der Waals surface area contributed by atoms with Gasteiger partial charge in [0.1, 0.15) is 0 Å². The molecule has 70 valence electrons. The first-order valence-corrected chi connectivity index (χ1v) is 5.35. The number of thiol groups is 1. The van der Waals surface area contributed by atoms with Crippen LogP contribution >= 0.6 is 12.6 Å². The maximum Gasteiger partial charge on any atom is 0.0656 e. The Morgan fingerprint density at radius 3 is 3.25 bits per heavy atom. The summed E-state index contributed by atoms with van der Waals surface area (Å²) in [5, 5.41) is 0. The summed E-state index contributed by atoms with van der Waals surface area (Å²) in [5.41, 5.74) is 0.197. The second-order valence-electron chi connectivity index (χ2n) is 4.16. The molecule has 0 bridgehead atoms. The van der Waals surface area contributed by atoms with Crippen molar-refractivity contribution >= 4 is 12.6 Å². The van der Waals surface area contributed by atoms with Crippen LogP contribution < -0.4 is 0 Å². The highest BCUT2D eigenvalue weighted by atomic mass is 32.1. The molecule has 2 aliphatic rings. The van der Waals surface area contributed by atoms with E-state index in [1.165, 1.54) is 19.4 Å². The lowest BCUT2D eigenvalue weighted by Crippen LogP contribution is -2.58. The van der Waals surface area contributed by atoms with Crippen LogP contribution in [0.4, 0.5) is 0 Å². The number of morpholine rings is 1. The minimum Gasteiger partial charge on any atom is -0.378 e. The van der Waals surface area contributed by atoms with Crippen molar-refractivity contribution in [1.82, 2.24) is 4.90 Å². The summed E-state index contributed by atoms with van der Waals surface area (Å²) in [4.78, 5) is 2.59. The number of fused-ring (bicyclic) bond motifs is 1. The van der Waals surface area contributed by atoms with Crippen molar-refractivity contribution in [3.05, 3.63) is 0 Å². The summed E-state index contributed by atoms with van der Waals surface area (Å²) in [7, 11) is 0. The Labute approximate surface area is 79.7 Å². The molecule has 2 atom stereocenters. The molecule has 0 unspecified atom stereocenters. The van der Waals surface area contributed by atoms with E-state index < -0.39 is 0 Å². The van der Waals surface area contributed by atoms with Crippen LogP contribution in [0, 0.1) is 0 Å². The zero-order valence-electron chi connectivity index (χ0n) is 7.62. The quantitative estimate of drug-likeness (QED) is 0.619. The molecule has 0 saturated carbocycles. The highest BCUT2D eigenvalue weighted by molar-refractivity contribution is 7.80. The van der Waals surface area contributed by atoms with Gasteiger partial charge < -0.3 is 4.74 Å². The summed E-state index contributed by atoms with van der Waals surface area (Å²) in [5.74, 6) is 0.906. The van der Waals surface area contributed by atoms with Crippen LogP contribution in [-0.2, 0) is 4.74 Å². The summed E-state index contributed by atoms with van der Waals surface area (Å²) >= 11 is 4.41. The van der Waals surface area contributed by atoms with Crippen LogP contribution in [0.3, 0.4) is 0 Å². The van der Waals surface area contributed by atoms with Gasteiger partial charge in [-0.25, -0.2) is 0 Å². The third kappa shape index (κ3) is 1.28. The molecule has 2 saturated heterocycles. The second kappa shape index (κ2) is 3.20. The Kier molecular flexibility index (Phi) is 2.36. The highest BCUT2D eigenvalue weighted by Crippen LogP contribution is 2.31. The van der Waals surface area contributed by atoms with Crippen LogP contribution in [0.5, 0.6) is 0 Å². The molecule has 0 aliphatic carbocycles. The van der Waals surface area contributed by atoms with Gasteiger partial charge in [0.05, 0.1) is 18.8 Å². The zero-order valence-corrected chi connectivity index (χ0v) is 8.52. The molecular weight excluding hydrogens is 170 g/mol. The van der Waals surface area contributed by atoms with E-state index in [2.05, 4.69) is 24.5 Å². The summed E-state index contributed by atoms with van der Waals surface area (Å²) in [6, 6.07) is 0.677. The maximum atomic E-state index is 5.60. The molecule has 0 aromatic heterocycles. The van der Waals surface area contributed by atoms with E-state index in [9.17, 15) is 0 Å². The SMILES string of the molecule is C[C@]1(CS)COC[C@H]2CCCN21. The fraction of sp³-hybridized carbons (Fsp3) is 1.00. The summed E-state index contributed by atoms with van der Waals surface area (Å²) in [6.45, 7) is 5.29. The van der Waals surface area contributed by atoms with E-state index in [1.807, 2.05) is 0 Å². The van der Waals surface area contributed by atoms with E-state index >= 15 is 0 Å². The second-order valence-corrected chi connectivity index (χ2v) is 4.48. The fourth-order valence-corrected chi connectivity index (χ4v) is 2.63. The first kappa shape index (κ1) is 8.85. The predicted octanol–water partition coefficient (Wildman–Crippen LogP) is 1.17. The van der Waals surface area contributed by atoms with E-state index in [0.717, 1.165) is 19.0 Å². The largest absolute Gasteiger partial charge is 0.378 e. The Morgan fingerprint density at radius 2 is 2.50 bits per heavy atom. The predicted molar refractivity (Wildman–Crippen MR) is 52.8 cm³/mol. The Hall–Kier alpha value is 0.270. The molecule has 2 rings (SSSR count). The zero-order chi connectivity index (χ0) is 8.60.